The molecule has 2 aromatic heterocycles. The molecule has 210 valence electrons. The van der Waals surface area contributed by atoms with Gasteiger partial charge in [0.05, 0.1) is 37.0 Å². The normalized spacial score (nSPS) is 27.5. The van der Waals surface area contributed by atoms with Crippen molar-refractivity contribution in [2.75, 3.05) is 39.4 Å². The first-order chi connectivity index (χ1) is 18.7. The molecule has 0 spiro atoms. The van der Waals surface area contributed by atoms with Crippen LogP contribution in [0.3, 0.4) is 0 Å². The molecule has 6 rings (SSSR count). The maximum Gasteiger partial charge on any atom is 0.416 e. The molecular formula is C27H32F3N5O4. The molecule has 39 heavy (non-hydrogen) atoms. The van der Waals surface area contributed by atoms with Gasteiger partial charge in [0.25, 0.3) is 5.56 Å². The predicted octanol–water partition coefficient (Wildman–Crippen LogP) is 1.74. The molecule has 0 bridgehead atoms. The van der Waals surface area contributed by atoms with Crippen molar-refractivity contribution < 1.29 is 27.4 Å². The van der Waals surface area contributed by atoms with E-state index in [0.29, 0.717) is 32.3 Å². The number of ether oxygens (including phenoxy) is 2. The molecule has 1 N–H and O–H groups in total. The van der Waals surface area contributed by atoms with Crippen molar-refractivity contribution in [2.45, 2.75) is 62.8 Å². The Bertz CT molecular complexity index is 1280. The third-order valence-corrected chi connectivity index (χ3v) is 8.30. The zero-order valence-electron chi connectivity index (χ0n) is 21.5. The Kier molecular flexibility index (Phi) is 7.21. The van der Waals surface area contributed by atoms with Crippen molar-refractivity contribution in [3.63, 3.8) is 0 Å². The van der Waals surface area contributed by atoms with Crippen LogP contribution in [0, 0.1) is 0 Å². The van der Waals surface area contributed by atoms with Gasteiger partial charge in [-0.05, 0) is 37.0 Å². The summed E-state index contributed by atoms with van der Waals surface area (Å²) in [6, 6.07) is 3.72. The highest BCUT2D eigenvalue weighted by Crippen LogP contribution is 2.36. The lowest BCUT2D eigenvalue weighted by Crippen LogP contribution is -2.49. The van der Waals surface area contributed by atoms with Crippen molar-refractivity contribution in [1.29, 1.82) is 0 Å². The molecule has 0 aromatic carbocycles. The minimum Gasteiger partial charge on any atom is -0.380 e. The van der Waals surface area contributed by atoms with Crippen molar-refractivity contribution in [3.8, 4) is 0 Å². The fourth-order valence-corrected chi connectivity index (χ4v) is 6.28. The zero-order valence-corrected chi connectivity index (χ0v) is 21.5. The van der Waals surface area contributed by atoms with Crippen LogP contribution in [0.2, 0.25) is 0 Å². The maximum atomic E-state index is 13.2. The van der Waals surface area contributed by atoms with Crippen LogP contribution in [0.15, 0.2) is 35.4 Å². The lowest BCUT2D eigenvalue weighted by atomic mass is 10.1. The Morgan fingerprint density at radius 2 is 2.08 bits per heavy atom. The van der Waals surface area contributed by atoms with Crippen molar-refractivity contribution >= 4 is 5.91 Å². The van der Waals surface area contributed by atoms with E-state index in [1.807, 2.05) is 12.3 Å². The summed E-state index contributed by atoms with van der Waals surface area (Å²) >= 11 is 0. The van der Waals surface area contributed by atoms with E-state index in [0.717, 1.165) is 37.5 Å². The van der Waals surface area contributed by atoms with Gasteiger partial charge in [-0.3, -0.25) is 24.4 Å². The molecule has 0 saturated carbocycles. The number of halogens is 3. The number of carbonyl (C=O) groups is 1. The van der Waals surface area contributed by atoms with Crippen LogP contribution in [0.25, 0.3) is 0 Å². The Balaban J connectivity index is 1.12. The van der Waals surface area contributed by atoms with Gasteiger partial charge in [-0.2, -0.15) is 13.2 Å². The van der Waals surface area contributed by atoms with Crippen LogP contribution in [-0.2, 0) is 40.0 Å². The second-order valence-electron chi connectivity index (χ2n) is 10.9. The standard InChI is InChI=1S/C27H32F3N5O4/c28-27(29,30)18-9-20-12-33(6-7-35(20)26(37)10-18)15-25(36)32-22-13-34(19-4-8-38-16-19)14-24(22)39-23-2-1-17-3-5-31-11-21(17)23/h3,5,9-11,19,22-24H,1-2,4,6-8,12-16H2,(H,32,36)/t19?,22?,23?,24-/m0/s1. The number of likely N-dealkylation sites (tertiary alicyclic amines) is 1. The number of fused-ring (bicyclic) bond motifs is 2. The van der Waals surface area contributed by atoms with Crippen molar-refractivity contribution in [2.24, 2.45) is 0 Å². The summed E-state index contributed by atoms with van der Waals surface area (Å²) in [6.07, 6.45) is 1.52. The zero-order chi connectivity index (χ0) is 27.1. The van der Waals surface area contributed by atoms with Crippen LogP contribution in [-0.4, -0.2) is 82.8 Å². The molecule has 3 unspecified atom stereocenters. The van der Waals surface area contributed by atoms with Gasteiger partial charge in [0.15, 0.2) is 0 Å². The highest BCUT2D eigenvalue weighted by Gasteiger charge is 2.41. The molecule has 9 nitrogen and oxygen atoms in total. The number of alkyl halides is 3. The van der Waals surface area contributed by atoms with Crippen molar-refractivity contribution in [1.82, 2.24) is 24.7 Å². The van der Waals surface area contributed by atoms with Crippen molar-refractivity contribution in [3.05, 3.63) is 63.3 Å². The summed E-state index contributed by atoms with van der Waals surface area (Å²) in [5.41, 5.74) is 0.973. The number of pyridine rings is 2. The monoisotopic (exact) mass is 547 g/mol. The van der Waals surface area contributed by atoms with Crippen LogP contribution >= 0.6 is 0 Å². The van der Waals surface area contributed by atoms with E-state index < -0.39 is 17.3 Å². The third-order valence-electron chi connectivity index (χ3n) is 8.30. The number of aromatic nitrogens is 2. The number of amides is 1. The molecule has 2 saturated heterocycles. The lowest BCUT2D eigenvalue weighted by Gasteiger charge is -2.30. The van der Waals surface area contributed by atoms with E-state index in [1.54, 1.807) is 11.1 Å². The fraction of sp³-hybridized carbons (Fsp3) is 0.593. The van der Waals surface area contributed by atoms with E-state index in [1.165, 1.54) is 10.1 Å². The average Bonchev–Trinajstić information content (AvgIpc) is 3.65. The molecule has 12 heteroatoms. The lowest BCUT2D eigenvalue weighted by molar-refractivity contribution is -0.138. The van der Waals surface area contributed by atoms with Gasteiger partial charge in [-0.15, -0.1) is 0 Å². The molecule has 0 radical (unpaired) electrons. The molecule has 4 atom stereocenters. The average molecular weight is 548 g/mol. The topological polar surface area (TPSA) is 88.9 Å². The molecular weight excluding hydrogens is 515 g/mol. The Hall–Kier alpha value is -2.80. The molecule has 4 aliphatic rings. The number of rotatable bonds is 6. The first-order valence-corrected chi connectivity index (χ1v) is 13.5. The first-order valence-electron chi connectivity index (χ1n) is 13.5. The number of nitrogens with one attached hydrogen (secondary N) is 1. The summed E-state index contributed by atoms with van der Waals surface area (Å²) in [5, 5.41) is 3.15. The largest absolute Gasteiger partial charge is 0.416 e. The van der Waals surface area contributed by atoms with Gasteiger partial charge in [0.1, 0.15) is 0 Å². The summed E-state index contributed by atoms with van der Waals surface area (Å²) < 4.78 is 53.2. The Labute approximate surface area is 223 Å². The van der Waals surface area contributed by atoms with E-state index in [2.05, 4.69) is 15.2 Å². The first kappa shape index (κ1) is 26.4. The van der Waals surface area contributed by atoms with Gasteiger partial charge in [-0.1, -0.05) is 0 Å². The highest BCUT2D eigenvalue weighted by molar-refractivity contribution is 5.78. The molecule has 3 aliphatic heterocycles. The van der Waals surface area contributed by atoms with E-state index in [-0.39, 0.29) is 55.5 Å². The Morgan fingerprint density at radius 3 is 2.87 bits per heavy atom. The van der Waals surface area contributed by atoms with E-state index in [4.69, 9.17) is 9.47 Å². The number of carbonyl (C=O) groups excluding carboxylic acids is 1. The van der Waals surface area contributed by atoms with Crippen LogP contribution < -0.4 is 10.9 Å². The van der Waals surface area contributed by atoms with Crippen LogP contribution in [0.4, 0.5) is 13.2 Å². The second kappa shape index (κ2) is 10.6. The summed E-state index contributed by atoms with van der Waals surface area (Å²) in [7, 11) is 0. The van der Waals surface area contributed by atoms with E-state index >= 15 is 0 Å². The summed E-state index contributed by atoms with van der Waals surface area (Å²) in [4.78, 5) is 33.8. The predicted molar refractivity (Wildman–Crippen MR) is 134 cm³/mol. The second-order valence-corrected chi connectivity index (χ2v) is 10.9. The van der Waals surface area contributed by atoms with Gasteiger partial charge < -0.3 is 19.4 Å². The maximum absolute atomic E-state index is 13.2. The van der Waals surface area contributed by atoms with E-state index in [9.17, 15) is 22.8 Å². The number of hydrogen-bond donors (Lipinski definition) is 1. The summed E-state index contributed by atoms with van der Waals surface area (Å²) in [5.74, 6) is -0.214. The molecule has 2 aromatic rings. The number of hydrogen-bond acceptors (Lipinski definition) is 7. The van der Waals surface area contributed by atoms with Gasteiger partial charge in [-0.25, -0.2) is 0 Å². The van der Waals surface area contributed by atoms with Gasteiger partial charge >= 0.3 is 6.18 Å². The smallest absolute Gasteiger partial charge is 0.380 e. The third kappa shape index (κ3) is 5.60. The minimum absolute atomic E-state index is 0.0242. The SMILES string of the molecule is O=C(CN1CCn2c(cc(C(F)(F)F)cc2=O)C1)NC1CN(C2CCOC2)C[C@@H]1OC1CCc2ccncc21. The fourth-order valence-electron chi connectivity index (χ4n) is 6.28. The number of nitrogens with zero attached hydrogens (tertiary/aromatic N) is 4. The molecule has 2 fully saturated rings. The summed E-state index contributed by atoms with van der Waals surface area (Å²) in [6.45, 7) is 3.46. The molecule has 5 heterocycles. The Morgan fingerprint density at radius 1 is 1.21 bits per heavy atom. The quantitative estimate of drug-likeness (QED) is 0.590. The van der Waals surface area contributed by atoms with Gasteiger partial charge in [0, 0.05) is 75.1 Å². The number of aryl methyl sites for hydroxylation is 1. The highest BCUT2D eigenvalue weighted by atomic mass is 19.4. The van der Waals surface area contributed by atoms with Crippen LogP contribution in [0.5, 0.6) is 0 Å². The van der Waals surface area contributed by atoms with Crippen LogP contribution in [0.1, 0.15) is 41.3 Å². The molecule has 1 aliphatic carbocycles. The van der Waals surface area contributed by atoms with Gasteiger partial charge in [0.2, 0.25) is 5.91 Å². The minimum atomic E-state index is -4.60. The molecule has 1 amide bonds.